The number of carbonyl (C=O) groups excluding carboxylic acids is 1. The van der Waals surface area contributed by atoms with Crippen molar-refractivity contribution in [3.63, 3.8) is 0 Å². The number of nitrogens with zero attached hydrogens (tertiary/aromatic N) is 1. The van der Waals surface area contributed by atoms with E-state index in [0.29, 0.717) is 5.02 Å². The van der Waals surface area contributed by atoms with Gasteiger partial charge in [-0.25, -0.2) is 4.39 Å². The smallest absolute Gasteiger partial charge is 0.291 e. The molecule has 0 saturated heterocycles. The van der Waals surface area contributed by atoms with E-state index in [0.717, 1.165) is 22.1 Å². The van der Waals surface area contributed by atoms with Crippen LogP contribution in [0.2, 0.25) is 5.02 Å². The summed E-state index contributed by atoms with van der Waals surface area (Å²) in [6.45, 7) is 0.196. The van der Waals surface area contributed by atoms with E-state index in [1.807, 2.05) is 48.7 Å². The summed E-state index contributed by atoms with van der Waals surface area (Å²) in [7, 11) is 0. The molecule has 32 heavy (non-hydrogen) atoms. The van der Waals surface area contributed by atoms with Crippen LogP contribution in [0.5, 0.6) is 0 Å². The van der Waals surface area contributed by atoms with Crippen LogP contribution in [0.4, 0.5) is 4.39 Å². The van der Waals surface area contributed by atoms with E-state index >= 15 is 0 Å². The number of fused-ring (bicyclic) bond motifs is 2. The maximum absolute atomic E-state index is 13.9. The van der Waals surface area contributed by atoms with E-state index in [1.165, 1.54) is 12.1 Å². The van der Waals surface area contributed by atoms with Crippen molar-refractivity contribution in [2.24, 2.45) is 0 Å². The Kier molecular flexibility index (Phi) is 5.27. The van der Waals surface area contributed by atoms with Crippen molar-refractivity contribution < 1.29 is 13.6 Å². The first kappa shape index (κ1) is 20.8. The van der Waals surface area contributed by atoms with E-state index in [2.05, 4.69) is 0 Å². The summed E-state index contributed by atoms with van der Waals surface area (Å²) in [5.74, 6) is -0.954. The Morgan fingerprint density at radius 2 is 1.81 bits per heavy atom. The van der Waals surface area contributed by atoms with Crippen molar-refractivity contribution in [2.45, 2.75) is 17.5 Å². The van der Waals surface area contributed by atoms with Crippen LogP contribution < -0.4 is 5.43 Å². The van der Waals surface area contributed by atoms with Gasteiger partial charge >= 0.3 is 0 Å². The van der Waals surface area contributed by atoms with E-state index in [4.69, 9.17) is 16.0 Å². The predicted molar refractivity (Wildman–Crippen MR) is 124 cm³/mol. The second-order valence-corrected chi connectivity index (χ2v) is 8.80. The predicted octanol–water partition coefficient (Wildman–Crippen LogP) is 6.05. The van der Waals surface area contributed by atoms with Gasteiger partial charge in [-0.15, -0.1) is 11.8 Å². The number of hydrogen-bond acceptors (Lipinski definition) is 4. The molecule has 0 unspecified atom stereocenters. The first-order valence-corrected chi connectivity index (χ1v) is 11.5. The molecule has 1 aliphatic rings. The molecule has 0 saturated carbocycles. The molecule has 0 bridgehead atoms. The van der Waals surface area contributed by atoms with Crippen LogP contribution in [0.1, 0.15) is 33.3 Å². The first-order valence-electron chi connectivity index (χ1n) is 9.92. The maximum atomic E-state index is 13.9. The minimum atomic E-state index is -0.673. The van der Waals surface area contributed by atoms with E-state index in [-0.39, 0.29) is 28.8 Å². The van der Waals surface area contributed by atoms with Crippen molar-refractivity contribution in [2.75, 3.05) is 6.26 Å². The summed E-state index contributed by atoms with van der Waals surface area (Å²) in [6.07, 6.45) is 1.97. The zero-order valence-electron chi connectivity index (χ0n) is 17.0. The summed E-state index contributed by atoms with van der Waals surface area (Å²) >= 11 is 7.96. The molecule has 1 aromatic heterocycles. The highest BCUT2D eigenvalue weighted by Crippen LogP contribution is 2.40. The molecule has 0 aliphatic carbocycles. The highest BCUT2D eigenvalue weighted by Gasteiger charge is 2.42. The Morgan fingerprint density at radius 3 is 2.53 bits per heavy atom. The number of hydrogen-bond donors (Lipinski definition) is 0. The SMILES string of the molecule is CSc1ccc([C@@H]2c3c(oc4ccc(F)cc4c3=O)C(=O)N2Cc2ccccc2Cl)cc1. The summed E-state index contributed by atoms with van der Waals surface area (Å²) < 4.78 is 19.7. The largest absolute Gasteiger partial charge is 0.450 e. The molecule has 1 aliphatic heterocycles. The summed E-state index contributed by atoms with van der Waals surface area (Å²) in [5.41, 5.74) is 1.51. The third kappa shape index (κ3) is 3.40. The van der Waals surface area contributed by atoms with Crippen LogP contribution >= 0.6 is 23.4 Å². The van der Waals surface area contributed by atoms with Gasteiger partial charge in [0.25, 0.3) is 5.91 Å². The van der Waals surface area contributed by atoms with Crippen molar-refractivity contribution in [1.29, 1.82) is 0 Å². The zero-order valence-corrected chi connectivity index (χ0v) is 18.5. The van der Waals surface area contributed by atoms with Gasteiger partial charge in [-0.05, 0) is 53.8 Å². The molecular formula is C25H17ClFNO3S. The number of halogens is 2. The Bertz CT molecular complexity index is 1420. The lowest BCUT2D eigenvalue weighted by Crippen LogP contribution is -2.29. The number of carbonyl (C=O) groups is 1. The molecule has 4 nitrogen and oxygen atoms in total. The first-order chi connectivity index (χ1) is 15.5. The van der Waals surface area contributed by atoms with Gasteiger partial charge in [0.05, 0.1) is 17.0 Å². The second-order valence-electron chi connectivity index (χ2n) is 7.51. The highest BCUT2D eigenvalue weighted by atomic mass is 35.5. The lowest BCUT2D eigenvalue weighted by Gasteiger charge is -2.25. The lowest BCUT2D eigenvalue weighted by molar-refractivity contribution is 0.0714. The van der Waals surface area contributed by atoms with Crippen LogP contribution in [-0.2, 0) is 6.54 Å². The minimum absolute atomic E-state index is 0.0138. The van der Waals surface area contributed by atoms with Crippen molar-refractivity contribution in [1.82, 2.24) is 4.90 Å². The summed E-state index contributed by atoms with van der Waals surface area (Å²) in [5, 5.41) is 0.640. The molecule has 7 heteroatoms. The molecule has 0 radical (unpaired) electrons. The van der Waals surface area contributed by atoms with Crippen LogP contribution in [-0.4, -0.2) is 17.1 Å². The van der Waals surface area contributed by atoms with Gasteiger partial charge in [0, 0.05) is 16.5 Å². The number of amides is 1. The molecule has 160 valence electrons. The van der Waals surface area contributed by atoms with E-state index in [1.54, 1.807) is 22.7 Å². The van der Waals surface area contributed by atoms with Gasteiger partial charge in [0.1, 0.15) is 11.4 Å². The summed E-state index contributed by atoms with van der Waals surface area (Å²) in [4.78, 5) is 29.6. The lowest BCUT2D eigenvalue weighted by atomic mass is 9.98. The normalized spacial score (nSPS) is 15.4. The molecule has 3 aromatic carbocycles. The number of thioether (sulfide) groups is 1. The maximum Gasteiger partial charge on any atom is 0.291 e. The van der Waals surface area contributed by atoms with Crippen molar-refractivity contribution >= 4 is 40.2 Å². The van der Waals surface area contributed by atoms with Gasteiger partial charge in [0.2, 0.25) is 5.76 Å². The van der Waals surface area contributed by atoms with Crippen molar-refractivity contribution in [3.05, 3.63) is 110 Å². The Hall–Kier alpha value is -3.09. The quantitative estimate of drug-likeness (QED) is 0.344. The van der Waals surface area contributed by atoms with Crippen LogP contribution in [0.25, 0.3) is 11.0 Å². The molecule has 4 aromatic rings. The Morgan fingerprint density at radius 1 is 1.06 bits per heavy atom. The van der Waals surface area contributed by atoms with Crippen LogP contribution in [0.3, 0.4) is 0 Å². The molecular weight excluding hydrogens is 449 g/mol. The fourth-order valence-electron chi connectivity index (χ4n) is 4.10. The monoisotopic (exact) mass is 465 g/mol. The topological polar surface area (TPSA) is 50.5 Å². The van der Waals surface area contributed by atoms with E-state index < -0.39 is 23.2 Å². The van der Waals surface area contributed by atoms with Gasteiger partial charge in [-0.1, -0.05) is 41.9 Å². The molecule has 2 heterocycles. The molecule has 0 spiro atoms. The fourth-order valence-corrected chi connectivity index (χ4v) is 4.70. The van der Waals surface area contributed by atoms with Gasteiger partial charge in [0.15, 0.2) is 5.43 Å². The van der Waals surface area contributed by atoms with Crippen molar-refractivity contribution in [3.8, 4) is 0 Å². The molecule has 0 fully saturated rings. The molecule has 1 amide bonds. The standard InChI is InChI=1S/C25H17ClFNO3S/c1-32-17-9-6-14(7-10-17)22-21-23(29)18-12-16(27)8-11-20(18)31-24(21)25(30)28(22)13-15-4-2-3-5-19(15)26/h2-12,22H,13H2,1H3/t22-/m1/s1. The number of rotatable bonds is 4. The zero-order chi connectivity index (χ0) is 22.4. The third-order valence-corrected chi connectivity index (χ3v) is 6.77. The molecule has 5 rings (SSSR count). The Balaban J connectivity index is 1.73. The van der Waals surface area contributed by atoms with Gasteiger partial charge in [-0.3, -0.25) is 9.59 Å². The van der Waals surface area contributed by atoms with Crippen LogP contribution in [0.15, 0.2) is 80.8 Å². The van der Waals surface area contributed by atoms with Crippen LogP contribution in [0, 0.1) is 5.82 Å². The fraction of sp³-hybridized carbons (Fsp3) is 0.120. The summed E-state index contributed by atoms with van der Waals surface area (Å²) in [6, 6.07) is 18.0. The third-order valence-electron chi connectivity index (χ3n) is 5.66. The molecule has 0 N–H and O–H groups in total. The van der Waals surface area contributed by atoms with Gasteiger partial charge in [-0.2, -0.15) is 0 Å². The van der Waals surface area contributed by atoms with E-state index in [9.17, 15) is 14.0 Å². The molecule has 1 atom stereocenters. The second kappa shape index (κ2) is 8.11. The average Bonchev–Trinajstić information content (AvgIpc) is 3.08. The minimum Gasteiger partial charge on any atom is -0.450 e. The highest BCUT2D eigenvalue weighted by molar-refractivity contribution is 7.98. The average molecular weight is 466 g/mol. The van der Waals surface area contributed by atoms with Gasteiger partial charge < -0.3 is 9.32 Å². The number of benzene rings is 3. The Labute approximate surface area is 192 Å².